The number of hydrogen-bond acceptors (Lipinski definition) is 4. The molecule has 1 N–H and O–H groups in total. The number of rotatable bonds is 4. The van der Waals surface area contributed by atoms with Crippen LogP contribution in [0.5, 0.6) is 0 Å². The van der Waals surface area contributed by atoms with Crippen LogP contribution in [0.1, 0.15) is 22.8 Å². The maximum Gasteiger partial charge on any atom is 0.417 e. The van der Waals surface area contributed by atoms with E-state index in [2.05, 4.69) is 10.2 Å². The highest BCUT2D eigenvalue weighted by molar-refractivity contribution is 7.99. The fraction of sp³-hybridized carbons (Fsp3) is 0.250. The first-order valence-corrected chi connectivity index (χ1v) is 8.93. The van der Waals surface area contributed by atoms with Crippen molar-refractivity contribution in [2.45, 2.75) is 23.6 Å². The molecule has 0 saturated carbocycles. The normalized spacial score (nSPS) is 13.9. The zero-order valence-electron chi connectivity index (χ0n) is 13.6. The maximum absolute atomic E-state index is 13.1. The molecule has 2 aromatic heterocycles. The molecule has 150 valence electrons. The summed E-state index contributed by atoms with van der Waals surface area (Å²) >= 11 is 6.56. The van der Waals surface area contributed by atoms with Crippen LogP contribution in [0.25, 0.3) is 5.65 Å². The number of thioether (sulfide) groups is 1. The molecular formula is C16H10ClF6N3OS. The SMILES string of the molecule is O[C@H](CSc1nnc2c(Cl)cc(C(F)(F)F)cn12)c1ccccc1C(F)(F)F. The Balaban J connectivity index is 1.88. The largest absolute Gasteiger partial charge is 0.417 e. The van der Waals surface area contributed by atoms with E-state index in [-0.39, 0.29) is 27.1 Å². The predicted octanol–water partition coefficient (Wildman–Crippen LogP) is 5.25. The average molecular weight is 442 g/mol. The van der Waals surface area contributed by atoms with Crippen LogP contribution in [0.15, 0.2) is 41.7 Å². The molecule has 12 heteroatoms. The molecule has 1 aromatic carbocycles. The quantitative estimate of drug-likeness (QED) is 0.444. The van der Waals surface area contributed by atoms with Gasteiger partial charge in [0.2, 0.25) is 0 Å². The number of fused-ring (bicyclic) bond motifs is 1. The third-order valence-corrected chi connectivity index (χ3v) is 5.05. The first-order chi connectivity index (χ1) is 13.0. The number of aliphatic hydroxyl groups is 1. The molecule has 0 bridgehead atoms. The van der Waals surface area contributed by atoms with Gasteiger partial charge >= 0.3 is 12.4 Å². The Morgan fingerprint density at radius 3 is 2.39 bits per heavy atom. The van der Waals surface area contributed by atoms with Gasteiger partial charge in [0.1, 0.15) is 0 Å². The van der Waals surface area contributed by atoms with Crippen LogP contribution in [-0.4, -0.2) is 25.5 Å². The van der Waals surface area contributed by atoms with Crippen LogP contribution in [0.3, 0.4) is 0 Å². The smallest absolute Gasteiger partial charge is 0.388 e. The van der Waals surface area contributed by atoms with Crippen molar-refractivity contribution in [3.63, 3.8) is 0 Å². The molecular weight excluding hydrogens is 432 g/mol. The summed E-state index contributed by atoms with van der Waals surface area (Å²) in [5.41, 5.74) is -2.40. The third kappa shape index (κ3) is 4.20. The van der Waals surface area contributed by atoms with Gasteiger partial charge in [0.15, 0.2) is 10.8 Å². The van der Waals surface area contributed by atoms with Crippen molar-refractivity contribution >= 4 is 29.0 Å². The monoisotopic (exact) mass is 441 g/mol. The van der Waals surface area contributed by atoms with E-state index >= 15 is 0 Å². The Morgan fingerprint density at radius 2 is 1.75 bits per heavy atom. The van der Waals surface area contributed by atoms with Crippen molar-refractivity contribution in [3.05, 3.63) is 58.2 Å². The molecule has 0 radical (unpaired) electrons. The Bertz CT molecular complexity index is 1000. The van der Waals surface area contributed by atoms with Crippen molar-refractivity contribution in [2.75, 3.05) is 5.75 Å². The Labute approximate surface area is 163 Å². The molecule has 0 amide bonds. The van der Waals surface area contributed by atoms with E-state index in [1.165, 1.54) is 12.1 Å². The zero-order chi connectivity index (χ0) is 20.7. The molecule has 0 unspecified atom stereocenters. The lowest BCUT2D eigenvalue weighted by Gasteiger charge is -2.17. The summed E-state index contributed by atoms with van der Waals surface area (Å²) in [4.78, 5) is 0. The van der Waals surface area contributed by atoms with Crippen molar-refractivity contribution in [2.24, 2.45) is 0 Å². The molecule has 3 aromatic rings. The summed E-state index contributed by atoms with van der Waals surface area (Å²) in [5, 5.41) is 17.2. The van der Waals surface area contributed by atoms with E-state index < -0.39 is 29.6 Å². The lowest BCUT2D eigenvalue weighted by Crippen LogP contribution is -2.13. The van der Waals surface area contributed by atoms with Crippen molar-refractivity contribution in [1.82, 2.24) is 14.6 Å². The maximum atomic E-state index is 13.1. The van der Waals surface area contributed by atoms with Gasteiger partial charge in [0.25, 0.3) is 0 Å². The van der Waals surface area contributed by atoms with E-state index in [9.17, 15) is 31.4 Å². The molecule has 0 saturated heterocycles. The van der Waals surface area contributed by atoms with Crippen molar-refractivity contribution in [3.8, 4) is 0 Å². The number of alkyl halides is 6. The van der Waals surface area contributed by atoms with Crippen LogP contribution in [0, 0.1) is 0 Å². The molecule has 3 rings (SSSR count). The first-order valence-electron chi connectivity index (χ1n) is 7.57. The van der Waals surface area contributed by atoms with Crippen LogP contribution < -0.4 is 0 Å². The highest BCUT2D eigenvalue weighted by atomic mass is 35.5. The summed E-state index contributed by atoms with van der Waals surface area (Å²) in [6, 6.07) is 5.22. The lowest BCUT2D eigenvalue weighted by molar-refractivity contribution is -0.139. The number of halogens is 7. The summed E-state index contributed by atoms with van der Waals surface area (Å²) in [5.74, 6) is -0.290. The minimum Gasteiger partial charge on any atom is -0.388 e. The Kier molecular flexibility index (Phi) is 5.52. The molecule has 0 aliphatic rings. The fourth-order valence-corrected chi connectivity index (χ4v) is 3.59. The summed E-state index contributed by atoms with van der Waals surface area (Å²) in [7, 11) is 0. The molecule has 1 atom stereocenters. The molecule has 2 heterocycles. The number of aromatic nitrogens is 3. The second-order valence-electron chi connectivity index (χ2n) is 5.66. The van der Waals surface area contributed by atoms with Gasteiger partial charge in [-0.25, -0.2) is 0 Å². The van der Waals surface area contributed by atoms with Gasteiger partial charge in [-0.3, -0.25) is 4.40 Å². The average Bonchev–Trinajstić information content (AvgIpc) is 3.02. The van der Waals surface area contributed by atoms with Crippen molar-refractivity contribution in [1.29, 1.82) is 0 Å². The third-order valence-electron chi connectivity index (χ3n) is 3.75. The second kappa shape index (κ2) is 7.45. The number of pyridine rings is 1. The van der Waals surface area contributed by atoms with E-state index in [4.69, 9.17) is 11.6 Å². The topological polar surface area (TPSA) is 50.4 Å². The lowest BCUT2D eigenvalue weighted by atomic mass is 10.0. The minimum atomic E-state index is -4.66. The standard InChI is InChI=1S/C16H10ClF6N3OS/c17-11-5-8(15(18,19)20)6-26-13(11)24-25-14(26)28-7-12(27)9-3-1-2-4-10(9)16(21,22)23/h1-6,12,27H,7H2/t12-/m1/s1. The summed E-state index contributed by atoms with van der Waals surface area (Å²) in [6.45, 7) is 0. The van der Waals surface area contributed by atoms with Gasteiger partial charge in [-0.15, -0.1) is 10.2 Å². The van der Waals surface area contributed by atoms with Gasteiger partial charge < -0.3 is 5.11 Å². The molecule has 0 aliphatic carbocycles. The van der Waals surface area contributed by atoms with Gasteiger partial charge in [0.05, 0.1) is 22.3 Å². The minimum absolute atomic E-state index is 0.0395. The first kappa shape index (κ1) is 20.7. The predicted molar refractivity (Wildman–Crippen MR) is 90.1 cm³/mol. The molecule has 0 fully saturated rings. The van der Waals surface area contributed by atoms with Crippen LogP contribution in [-0.2, 0) is 12.4 Å². The van der Waals surface area contributed by atoms with E-state index in [1.807, 2.05) is 0 Å². The van der Waals surface area contributed by atoms with E-state index in [0.717, 1.165) is 34.5 Å². The van der Waals surface area contributed by atoms with Crippen molar-refractivity contribution < 1.29 is 31.4 Å². The zero-order valence-corrected chi connectivity index (χ0v) is 15.2. The number of benzene rings is 1. The van der Waals surface area contributed by atoms with Gasteiger partial charge in [-0.1, -0.05) is 41.6 Å². The Hall–Kier alpha value is -1.98. The fourth-order valence-electron chi connectivity index (χ4n) is 2.48. The van der Waals surface area contributed by atoms with Crippen LogP contribution in [0.2, 0.25) is 5.02 Å². The van der Waals surface area contributed by atoms with Gasteiger partial charge in [0, 0.05) is 11.9 Å². The second-order valence-corrected chi connectivity index (χ2v) is 7.06. The van der Waals surface area contributed by atoms with Gasteiger partial charge in [-0.05, 0) is 17.7 Å². The van der Waals surface area contributed by atoms with Gasteiger partial charge in [-0.2, -0.15) is 26.3 Å². The highest BCUT2D eigenvalue weighted by Crippen LogP contribution is 2.37. The van der Waals surface area contributed by atoms with Crippen LogP contribution >= 0.6 is 23.4 Å². The molecule has 28 heavy (non-hydrogen) atoms. The van der Waals surface area contributed by atoms with E-state index in [1.54, 1.807) is 0 Å². The summed E-state index contributed by atoms with van der Waals surface area (Å²) in [6.07, 6.45) is -10.1. The number of nitrogens with zero attached hydrogens (tertiary/aromatic N) is 3. The number of hydrogen-bond donors (Lipinski definition) is 1. The molecule has 0 spiro atoms. The molecule has 0 aliphatic heterocycles. The highest BCUT2D eigenvalue weighted by Gasteiger charge is 2.35. The number of aliphatic hydroxyl groups excluding tert-OH is 1. The summed E-state index contributed by atoms with van der Waals surface area (Å²) < 4.78 is 79.1. The van der Waals surface area contributed by atoms with E-state index in [0.29, 0.717) is 6.07 Å². The molecule has 4 nitrogen and oxygen atoms in total. The Morgan fingerprint density at radius 1 is 1.07 bits per heavy atom. The van der Waals surface area contributed by atoms with Crippen LogP contribution in [0.4, 0.5) is 26.3 Å².